The molecule has 0 fully saturated rings. The van der Waals surface area contributed by atoms with Crippen molar-refractivity contribution in [2.45, 2.75) is 0 Å². The van der Waals surface area contributed by atoms with Crippen molar-refractivity contribution < 1.29 is 0 Å². The van der Waals surface area contributed by atoms with E-state index < -0.39 is 0 Å². The van der Waals surface area contributed by atoms with E-state index in [1.807, 2.05) is 6.07 Å². The number of hydrogen-bond acceptors (Lipinski definition) is 3. The average Bonchev–Trinajstić information content (AvgIpc) is 2.36. The molecule has 52 valence electrons. The molecule has 3 nitrogen and oxygen atoms in total. The Bertz CT molecular complexity index is 261. The molecule has 2 rings (SSSR count). The summed E-state index contributed by atoms with van der Waals surface area (Å²) in [4.78, 5) is 4.12. The van der Waals surface area contributed by atoms with Crippen molar-refractivity contribution in [2.24, 2.45) is 0 Å². The van der Waals surface area contributed by atoms with Crippen molar-refractivity contribution in [3.8, 4) is 0 Å². The van der Waals surface area contributed by atoms with Crippen LogP contribution in [-0.4, -0.2) is 11.7 Å². The Hall–Kier alpha value is -0.770. The van der Waals surface area contributed by atoms with Crippen LogP contribution in [0.5, 0.6) is 0 Å². The molecule has 0 spiro atoms. The van der Waals surface area contributed by atoms with Gasteiger partial charge in [-0.2, -0.15) is 0 Å². The zero-order valence-corrected chi connectivity index (χ0v) is 6.77. The molecule has 0 bridgehead atoms. The Balaban J connectivity index is 2.59. The van der Waals surface area contributed by atoms with Crippen molar-refractivity contribution in [3.63, 3.8) is 0 Å². The molecule has 0 radical (unpaired) electrons. The second-order valence-electron chi connectivity index (χ2n) is 2.05. The van der Waals surface area contributed by atoms with Crippen LogP contribution in [0.2, 0.25) is 0 Å². The summed E-state index contributed by atoms with van der Waals surface area (Å²) in [5.74, 6) is 0.925. The van der Waals surface area contributed by atoms with E-state index in [0.29, 0.717) is 0 Å². The molecule has 0 aliphatic carbocycles. The molecule has 1 aromatic rings. The Kier molecular flexibility index (Phi) is 1.27. The van der Waals surface area contributed by atoms with Crippen molar-refractivity contribution in [3.05, 3.63) is 16.7 Å². The third-order valence-corrected chi connectivity index (χ3v) is 2.08. The second-order valence-corrected chi connectivity index (χ2v) is 2.90. The molecule has 0 saturated carbocycles. The molecule has 10 heavy (non-hydrogen) atoms. The first kappa shape index (κ1) is 5.97. The molecule has 0 amide bonds. The van der Waals surface area contributed by atoms with Gasteiger partial charge in [0.15, 0.2) is 5.82 Å². The van der Waals surface area contributed by atoms with Crippen molar-refractivity contribution in [1.82, 2.24) is 4.98 Å². The van der Waals surface area contributed by atoms with E-state index in [0.717, 1.165) is 22.6 Å². The molecule has 1 aromatic heterocycles. The highest BCUT2D eigenvalue weighted by molar-refractivity contribution is 9.10. The topological polar surface area (TPSA) is 37.0 Å². The fourth-order valence-corrected chi connectivity index (χ4v) is 1.40. The van der Waals surface area contributed by atoms with E-state index in [1.54, 1.807) is 6.20 Å². The van der Waals surface area contributed by atoms with Crippen LogP contribution in [-0.2, 0) is 0 Å². The fraction of sp³-hybridized carbons (Fsp3) is 0.167. The van der Waals surface area contributed by atoms with Crippen molar-refractivity contribution in [1.29, 1.82) is 0 Å². The van der Waals surface area contributed by atoms with Crippen LogP contribution >= 0.6 is 15.9 Å². The van der Waals surface area contributed by atoms with E-state index in [2.05, 4.69) is 31.5 Å². The molecule has 4 heteroatoms. The molecule has 0 saturated heterocycles. The van der Waals surface area contributed by atoms with Gasteiger partial charge in [-0.05, 0) is 22.0 Å². The first-order valence-electron chi connectivity index (χ1n) is 3.00. The van der Waals surface area contributed by atoms with Gasteiger partial charge in [-0.25, -0.2) is 4.98 Å². The highest BCUT2D eigenvalue weighted by Gasteiger charge is 2.11. The molecule has 1 aliphatic rings. The van der Waals surface area contributed by atoms with Crippen LogP contribution < -0.4 is 10.6 Å². The molecule has 1 aliphatic heterocycles. The van der Waals surface area contributed by atoms with E-state index >= 15 is 0 Å². The minimum atomic E-state index is 0.769. The number of rotatable bonds is 0. The lowest BCUT2D eigenvalue weighted by Crippen LogP contribution is -1.99. The normalized spacial score (nSPS) is 13.7. The maximum Gasteiger partial charge on any atom is 0.151 e. The van der Waals surface area contributed by atoms with Gasteiger partial charge in [0.05, 0.1) is 12.4 Å². The van der Waals surface area contributed by atoms with Gasteiger partial charge in [0.2, 0.25) is 0 Å². The molecular weight excluding hydrogens is 194 g/mol. The zero-order valence-electron chi connectivity index (χ0n) is 5.19. The van der Waals surface area contributed by atoms with E-state index in [9.17, 15) is 0 Å². The summed E-state index contributed by atoms with van der Waals surface area (Å²) in [7, 11) is 0. The van der Waals surface area contributed by atoms with Crippen molar-refractivity contribution in [2.75, 3.05) is 17.3 Å². The summed E-state index contributed by atoms with van der Waals surface area (Å²) in [5.41, 5.74) is 1.06. The Morgan fingerprint density at radius 1 is 1.50 bits per heavy atom. The van der Waals surface area contributed by atoms with Crippen LogP contribution in [0.3, 0.4) is 0 Å². The standard InChI is InChI=1S/C6H6BrN3/c7-4-1-2-8-6-5(4)9-3-10-6/h1-2,9H,3H2,(H,8,10). The summed E-state index contributed by atoms with van der Waals surface area (Å²) >= 11 is 3.40. The van der Waals surface area contributed by atoms with Gasteiger partial charge in [-0.1, -0.05) is 0 Å². The number of nitrogens with one attached hydrogen (secondary N) is 2. The molecule has 0 aromatic carbocycles. The lowest BCUT2D eigenvalue weighted by molar-refractivity contribution is 1.27. The Morgan fingerprint density at radius 2 is 2.40 bits per heavy atom. The maximum atomic E-state index is 4.12. The highest BCUT2D eigenvalue weighted by atomic mass is 79.9. The first-order chi connectivity index (χ1) is 4.88. The van der Waals surface area contributed by atoms with Gasteiger partial charge < -0.3 is 10.6 Å². The number of fused-ring (bicyclic) bond motifs is 1. The third kappa shape index (κ3) is 0.759. The largest absolute Gasteiger partial charge is 0.364 e. The first-order valence-corrected chi connectivity index (χ1v) is 3.79. The molecule has 0 unspecified atom stereocenters. The van der Waals surface area contributed by atoms with Crippen LogP contribution in [0.4, 0.5) is 11.5 Å². The summed E-state index contributed by atoms with van der Waals surface area (Å²) in [6.07, 6.45) is 1.77. The summed E-state index contributed by atoms with van der Waals surface area (Å²) in [6, 6.07) is 1.92. The SMILES string of the molecule is Brc1ccnc2c1NCN2. The number of aromatic nitrogens is 1. The zero-order chi connectivity index (χ0) is 6.97. The average molecular weight is 200 g/mol. The van der Waals surface area contributed by atoms with Crippen LogP contribution in [0.1, 0.15) is 0 Å². The van der Waals surface area contributed by atoms with E-state index in [1.165, 1.54) is 0 Å². The van der Waals surface area contributed by atoms with Gasteiger partial charge in [0.1, 0.15) is 0 Å². The summed E-state index contributed by atoms with van der Waals surface area (Å²) in [5, 5.41) is 6.24. The maximum absolute atomic E-state index is 4.12. The predicted molar refractivity (Wildman–Crippen MR) is 44.0 cm³/mol. The monoisotopic (exact) mass is 199 g/mol. The van der Waals surface area contributed by atoms with Crippen LogP contribution in [0.15, 0.2) is 16.7 Å². The van der Waals surface area contributed by atoms with E-state index in [4.69, 9.17) is 0 Å². The van der Waals surface area contributed by atoms with Gasteiger partial charge in [0, 0.05) is 10.7 Å². The summed E-state index contributed by atoms with van der Waals surface area (Å²) in [6.45, 7) is 0.769. The minimum absolute atomic E-state index is 0.769. The highest BCUT2D eigenvalue weighted by Crippen LogP contribution is 2.30. The quantitative estimate of drug-likeness (QED) is 0.668. The molecule has 2 N–H and O–H groups in total. The van der Waals surface area contributed by atoms with Gasteiger partial charge in [-0.15, -0.1) is 0 Å². The predicted octanol–water partition coefficient (Wildman–Crippen LogP) is 1.64. The number of halogens is 1. The van der Waals surface area contributed by atoms with E-state index in [-0.39, 0.29) is 0 Å². The number of nitrogens with zero attached hydrogens (tertiary/aromatic N) is 1. The molecular formula is C6H6BrN3. The number of anilines is 2. The Labute approximate surface area is 67.0 Å². The number of hydrogen-bond donors (Lipinski definition) is 2. The molecule has 0 atom stereocenters. The fourth-order valence-electron chi connectivity index (χ4n) is 0.957. The van der Waals surface area contributed by atoms with Crippen LogP contribution in [0, 0.1) is 0 Å². The smallest absolute Gasteiger partial charge is 0.151 e. The third-order valence-electron chi connectivity index (χ3n) is 1.42. The number of pyridine rings is 1. The minimum Gasteiger partial charge on any atom is -0.364 e. The Morgan fingerprint density at radius 3 is 3.20 bits per heavy atom. The lowest BCUT2D eigenvalue weighted by atomic mass is 10.4. The molecule has 2 heterocycles. The summed E-state index contributed by atoms with van der Waals surface area (Å²) < 4.78 is 1.06. The van der Waals surface area contributed by atoms with Gasteiger partial charge >= 0.3 is 0 Å². The van der Waals surface area contributed by atoms with Gasteiger partial charge in [0.25, 0.3) is 0 Å². The van der Waals surface area contributed by atoms with Crippen molar-refractivity contribution >= 4 is 27.4 Å². The second kappa shape index (κ2) is 2.12. The van der Waals surface area contributed by atoms with Gasteiger partial charge in [-0.3, -0.25) is 0 Å². The lowest BCUT2D eigenvalue weighted by Gasteiger charge is -1.97. The van der Waals surface area contributed by atoms with Crippen LogP contribution in [0.25, 0.3) is 0 Å².